The van der Waals surface area contributed by atoms with Crippen LogP contribution >= 0.6 is 11.6 Å². The van der Waals surface area contributed by atoms with Gasteiger partial charge in [-0.05, 0) is 104 Å². The van der Waals surface area contributed by atoms with Crippen molar-refractivity contribution in [2.45, 2.75) is 71.3 Å². The molecule has 0 spiro atoms. The second-order valence-electron chi connectivity index (χ2n) is 21.1. The molecule has 402 valence electrons. The van der Waals surface area contributed by atoms with E-state index in [1.807, 2.05) is 77.4 Å². The number of halogens is 1. The number of anilines is 2. The monoisotopic (exact) mass is 1050 g/mol. The Balaban J connectivity index is 0.692. The molecule has 0 bridgehead atoms. The van der Waals surface area contributed by atoms with Gasteiger partial charge in [0.2, 0.25) is 17.7 Å². The number of aryl methyl sites for hydroxylation is 3. The molecule has 4 N–H and O–H groups in total. The Morgan fingerprint density at radius 2 is 1.49 bits per heavy atom. The van der Waals surface area contributed by atoms with Crippen LogP contribution in [0.5, 0.6) is 0 Å². The van der Waals surface area contributed by atoms with Crippen molar-refractivity contribution in [1.29, 1.82) is 0 Å². The maximum absolute atomic E-state index is 14.2. The summed E-state index contributed by atoms with van der Waals surface area (Å²) in [5.74, 6) is 1.24. The lowest BCUT2D eigenvalue weighted by Gasteiger charge is -2.38. The first-order valence-corrected chi connectivity index (χ1v) is 27.9. The molecule has 4 amide bonds. The minimum atomic E-state index is -0.386. The van der Waals surface area contributed by atoms with Crippen LogP contribution in [0.4, 0.5) is 11.5 Å². The number of piperazine rings is 2. The number of carbonyl (C=O) groups excluding carboxylic acids is 4. The van der Waals surface area contributed by atoms with E-state index in [0.717, 1.165) is 117 Å². The van der Waals surface area contributed by atoms with Gasteiger partial charge in [0.05, 0.1) is 24.7 Å². The molecule has 1 aliphatic carbocycles. The summed E-state index contributed by atoms with van der Waals surface area (Å²) in [6.45, 7) is 16.8. The third-order valence-electron chi connectivity index (χ3n) is 15.7. The lowest BCUT2D eigenvalue weighted by molar-refractivity contribution is -0.133. The number of fused-ring (bicyclic) bond motifs is 1. The Kier molecular flexibility index (Phi) is 18.8. The van der Waals surface area contributed by atoms with Crippen molar-refractivity contribution in [3.63, 3.8) is 0 Å². The van der Waals surface area contributed by atoms with Crippen LogP contribution in [0.3, 0.4) is 0 Å². The van der Waals surface area contributed by atoms with Gasteiger partial charge in [-0.3, -0.25) is 29.0 Å². The summed E-state index contributed by atoms with van der Waals surface area (Å²) < 4.78 is 0. The molecule has 3 fully saturated rings. The summed E-state index contributed by atoms with van der Waals surface area (Å²) in [6, 6.07) is 25.8. The number of carbonyl (C=O) groups is 4. The number of aromatic nitrogens is 3. The zero-order valence-corrected chi connectivity index (χ0v) is 45.3. The number of benzene rings is 3. The van der Waals surface area contributed by atoms with Crippen LogP contribution in [0.2, 0.25) is 5.02 Å². The molecule has 0 saturated carbocycles. The van der Waals surface area contributed by atoms with Gasteiger partial charge in [-0.2, -0.15) is 0 Å². The third kappa shape index (κ3) is 14.2. The highest BCUT2D eigenvalue weighted by Crippen LogP contribution is 2.37. The van der Waals surface area contributed by atoms with E-state index in [1.54, 1.807) is 12.5 Å². The molecule has 17 heteroatoms. The highest BCUT2D eigenvalue weighted by molar-refractivity contribution is 6.30. The van der Waals surface area contributed by atoms with Gasteiger partial charge < -0.3 is 36.0 Å². The Bertz CT molecular complexity index is 2790. The summed E-state index contributed by atoms with van der Waals surface area (Å²) in [6.07, 6.45) is 8.41. The molecule has 2 unspecified atom stereocenters. The molecule has 2 aromatic heterocycles. The lowest BCUT2D eigenvalue weighted by atomic mass is 9.96. The summed E-state index contributed by atoms with van der Waals surface area (Å²) >= 11 is 6.25. The Hall–Kier alpha value is -6.30. The van der Waals surface area contributed by atoms with Crippen LogP contribution in [-0.2, 0) is 33.8 Å². The third-order valence-corrected chi connectivity index (χ3v) is 15.9. The minimum absolute atomic E-state index is 0.000278. The first kappa shape index (κ1) is 54.5. The van der Waals surface area contributed by atoms with Gasteiger partial charge in [0.1, 0.15) is 12.1 Å². The molecule has 3 aliphatic heterocycles. The molecule has 16 nitrogen and oxygen atoms in total. The topological polar surface area (TPSA) is 171 Å². The molecular weight excluding hydrogens is 976 g/mol. The van der Waals surface area contributed by atoms with Crippen LogP contribution in [0.1, 0.15) is 88.9 Å². The largest absolute Gasteiger partial charge is 0.354 e. The molecule has 3 saturated heterocycles. The number of nitrogens with one attached hydrogen (secondary N) is 4. The predicted octanol–water partition coefficient (Wildman–Crippen LogP) is 6.15. The Morgan fingerprint density at radius 3 is 2.25 bits per heavy atom. The number of nitrogens with zero attached hydrogens (tertiary/aromatic N) is 8. The molecule has 4 aliphatic rings. The van der Waals surface area contributed by atoms with Gasteiger partial charge in [0, 0.05) is 113 Å². The number of piperidine rings is 1. The van der Waals surface area contributed by atoms with Crippen LogP contribution in [0.15, 0.2) is 91.4 Å². The highest BCUT2D eigenvalue weighted by Gasteiger charge is 2.33. The van der Waals surface area contributed by atoms with Crippen LogP contribution in [0, 0.1) is 12.8 Å². The van der Waals surface area contributed by atoms with Crippen LogP contribution in [-0.4, -0.2) is 163 Å². The van der Waals surface area contributed by atoms with Gasteiger partial charge in [0.25, 0.3) is 5.91 Å². The fraction of sp³-hybridized carbons (Fsp3) is 0.475. The molecule has 0 radical (unpaired) electrons. The van der Waals surface area contributed by atoms with E-state index >= 15 is 0 Å². The van der Waals surface area contributed by atoms with E-state index < -0.39 is 0 Å². The van der Waals surface area contributed by atoms with Crippen molar-refractivity contribution in [3.8, 4) is 11.1 Å². The molecule has 5 heterocycles. The van der Waals surface area contributed by atoms with Crippen LogP contribution in [0.25, 0.3) is 11.1 Å². The number of amides is 4. The van der Waals surface area contributed by atoms with Crippen molar-refractivity contribution in [2.24, 2.45) is 5.92 Å². The van der Waals surface area contributed by atoms with E-state index in [2.05, 4.69) is 78.0 Å². The van der Waals surface area contributed by atoms with E-state index in [9.17, 15) is 19.2 Å². The molecule has 9 rings (SSSR count). The zero-order chi connectivity index (χ0) is 53.0. The van der Waals surface area contributed by atoms with E-state index in [-0.39, 0.29) is 41.8 Å². The quantitative estimate of drug-likeness (QED) is 0.0658. The fourth-order valence-electron chi connectivity index (χ4n) is 11.2. The summed E-state index contributed by atoms with van der Waals surface area (Å²) in [7, 11) is 0. The van der Waals surface area contributed by atoms with Gasteiger partial charge in [-0.25, -0.2) is 15.0 Å². The smallest absolute Gasteiger partial charge is 0.274 e. The summed E-state index contributed by atoms with van der Waals surface area (Å²) in [4.78, 5) is 79.5. The maximum Gasteiger partial charge on any atom is 0.274 e. The predicted molar refractivity (Wildman–Crippen MR) is 300 cm³/mol. The first-order valence-electron chi connectivity index (χ1n) is 27.5. The highest BCUT2D eigenvalue weighted by atomic mass is 35.5. The fourth-order valence-corrected chi connectivity index (χ4v) is 11.4. The number of pyridine rings is 1. The summed E-state index contributed by atoms with van der Waals surface area (Å²) in [5.41, 5.74) is 9.27. The second-order valence-corrected chi connectivity index (χ2v) is 21.5. The molecule has 2 atom stereocenters. The number of likely N-dealkylation sites (tertiary alicyclic amines) is 1. The van der Waals surface area contributed by atoms with Crippen molar-refractivity contribution in [2.75, 3.05) is 115 Å². The van der Waals surface area contributed by atoms with Gasteiger partial charge in [-0.15, -0.1) is 0 Å². The number of rotatable bonds is 20. The molecular formula is C59H75ClN12O4. The molecule has 3 aromatic carbocycles. The second kappa shape index (κ2) is 26.2. The van der Waals surface area contributed by atoms with E-state index in [0.29, 0.717) is 81.4 Å². The average molecular weight is 1050 g/mol. The standard InChI is InChI=1S/C59H75ClN12O4/c1-4-43-8-6-10-47(32-43)48-33-52(67-53(73)37-62-34-45-9-5-7-41(2)31-45)56(64-35-48)59(76)72-25-23-69(24-26-72)38-44-17-21-68(22-18-44)39-54(74)63-20-19-61-36-50(46-12-14-49(60)15-13-46)58(75)71-29-27-70(28-30-71)57-55-42(3)11-16-51(55)65-40-66-57/h5-10,12-15,31-33,35,40,42,44,50,61-62H,4,11,16-30,34,36-39H2,1-3H3,(H,63,74)(H,67,73). The first-order chi connectivity index (χ1) is 37.0. The van der Waals surface area contributed by atoms with Gasteiger partial charge in [0.15, 0.2) is 5.69 Å². The van der Waals surface area contributed by atoms with E-state index in [4.69, 9.17) is 16.6 Å². The van der Waals surface area contributed by atoms with Crippen molar-refractivity contribution in [1.82, 2.24) is 50.5 Å². The Morgan fingerprint density at radius 1 is 0.737 bits per heavy atom. The summed E-state index contributed by atoms with van der Waals surface area (Å²) in [5, 5.41) is 13.4. The average Bonchev–Trinajstić information content (AvgIpc) is 3.83. The van der Waals surface area contributed by atoms with Crippen molar-refractivity contribution in [3.05, 3.63) is 136 Å². The number of hydrogen-bond donors (Lipinski definition) is 4. The van der Waals surface area contributed by atoms with Gasteiger partial charge >= 0.3 is 0 Å². The van der Waals surface area contributed by atoms with Crippen molar-refractivity contribution < 1.29 is 19.2 Å². The molecule has 76 heavy (non-hydrogen) atoms. The van der Waals surface area contributed by atoms with E-state index in [1.165, 1.54) is 11.1 Å². The normalized spacial score (nSPS) is 17.8. The lowest BCUT2D eigenvalue weighted by Crippen LogP contribution is -2.51. The minimum Gasteiger partial charge on any atom is -0.354 e. The van der Waals surface area contributed by atoms with Crippen LogP contribution < -0.4 is 26.2 Å². The van der Waals surface area contributed by atoms with Gasteiger partial charge in [-0.1, -0.05) is 91.7 Å². The maximum atomic E-state index is 14.2. The van der Waals surface area contributed by atoms with Crippen molar-refractivity contribution >= 4 is 46.7 Å². The SMILES string of the molecule is CCc1cccc(-c2cnc(C(=O)N3CCN(CC4CCN(CC(=O)NCCNCC(C(=O)N5CCN(c6ncnc7c6C(C)CC7)CC5)c5ccc(Cl)cc5)CC4)CC3)c(NC(=O)CNCc3cccc(C)c3)c2)c1. The Labute approximate surface area is 453 Å². The molecule has 5 aromatic rings. The zero-order valence-electron chi connectivity index (χ0n) is 44.5. The number of hydrogen-bond acceptors (Lipinski definition) is 12.